The highest BCUT2D eigenvalue weighted by Gasteiger charge is 2.35. The number of benzene rings is 1. The number of likely N-dealkylation sites (tertiary alicyclic amines) is 1. The van der Waals surface area contributed by atoms with Gasteiger partial charge in [-0.3, -0.25) is 4.79 Å². The van der Waals surface area contributed by atoms with E-state index in [2.05, 4.69) is 0 Å². The summed E-state index contributed by atoms with van der Waals surface area (Å²) in [7, 11) is 0. The summed E-state index contributed by atoms with van der Waals surface area (Å²) in [5, 5.41) is 9.16. The van der Waals surface area contributed by atoms with Crippen molar-refractivity contribution in [3.8, 4) is 0 Å². The van der Waals surface area contributed by atoms with Crippen LogP contribution in [0.1, 0.15) is 29.6 Å². The Balaban J connectivity index is 2.48. The second-order valence-corrected chi connectivity index (χ2v) is 4.78. The number of halogens is 5. The Bertz CT molecular complexity index is 549. The van der Waals surface area contributed by atoms with Crippen molar-refractivity contribution < 1.29 is 31.9 Å². The van der Waals surface area contributed by atoms with Gasteiger partial charge in [-0.25, -0.2) is 22.0 Å². The Morgan fingerprint density at radius 3 is 2.05 bits per heavy atom. The number of carbonyl (C=O) groups excluding carboxylic acids is 1. The van der Waals surface area contributed by atoms with Crippen LogP contribution in [0.5, 0.6) is 0 Å². The van der Waals surface area contributed by atoms with Crippen molar-refractivity contribution in [2.45, 2.75) is 25.3 Å². The number of carbonyl (C=O) groups is 1. The Hall–Kier alpha value is -1.70. The molecule has 1 unspecified atom stereocenters. The number of nitrogens with zero attached hydrogens (tertiary/aromatic N) is 1. The van der Waals surface area contributed by atoms with Crippen LogP contribution < -0.4 is 0 Å². The van der Waals surface area contributed by atoms with Crippen LogP contribution in [-0.2, 0) is 0 Å². The average Bonchev–Trinajstić information content (AvgIpc) is 2.51. The summed E-state index contributed by atoms with van der Waals surface area (Å²) in [5.74, 6) is -12.2. The van der Waals surface area contributed by atoms with Gasteiger partial charge in [-0.05, 0) is 19.3 Å². The number of aliphatic hydroxyl groups is 1. The van der Waals surface area contributed by atoms with Gasteiger partial charge in [-0.2, -0.15) is 0 Å². The molecule has 3 nitrogen and oxygen atoms in total. The van der Waals surface area contributed by atoms with Crippen LogP contribution in [-0.4, -0.2) is 35.1 Å². The number of amides is 1. The van der Waals surface area contributed by atoms with Gasteiger partial charge >= 0.3 is 0 Å². The van der Waals surface area contributed by atoms with Crippen molar-refractivity contribution in [2.24, 2.45) is 0 Å². The first-order chi connectivity index (χ1) is 9.90. The Morgan fingerprint density at radius 2 is 1.52 bits per heavy atom. The van der Waals surface area contributed by atoms with Gasteiger partial charge in [0.1, 0.15) is 5.56 Å². The molecule has 1 aromatic carbocycles. The molecule has 1 aromatic rings. The van der Waals surface area contributed by atoms with Gasteiger partial charge in [0.15, 0.2) is 23.3 Å². The van der Waals surface area contributed by atoms with Crippen LogP contribution in [0, 0.1) is 29.1 Å². The summed E-state index contributed by atoms with van der Waals surface area (Å²) in [4.78, 5) is 13.1. The number of hydrogen-bond acceptors (Lipinski definition) is 2. The van der Waals surface area contributed by atoms with E-state index in [0.717, 1.165) is 4.90 Å². The second kappa shape index (κ2) is 5.97. The van der Waals surface area contributed by atoms with E-state index in [4.69, 9.17) is 5.11 Å². The summed E-state index contributed by atoms with van der Waals surface area (Å²) in [6.45, 7) is -0.356. The van der Waals surface area contributed by atoms with E-state index in [1.807, 2.05) is 0 Å². The highest BCUT2D eigenvalue weighted by molar-refractivity contribution is 5.95. The lowest BCUT2D eigenvalue weighted by Gasteiger charge is -2.34. The third-order valence-electron chi connectivity index (χ3n) is 3.52. The van der Waals surface area contributed by atoms with Crippen molar-refractivity contribution in [1.29, 1.82) is 0 Å². The first-order valence-corrected chi connectivity index (χ1v) is 6.33. The highest BCUT2D eigenvalue weighted by Crippen LogP contribution is 2.26. The maximum Gasteiger partial charge on any atom is 0.260 e. The smallest absolute Gasteiger partial charge is 0.260 e. The maximum absolute atomic E-state index is 13.6. The van der Waals surface area contributed by atoms with E-state index in [9.17, 15) is 26.7 Å². The molecule has 0 spiro atoms. The first-order valence-electron chi connectivity index (χ1n) is 6.33. The van der Waals surface area contributed by atoms with Gasteiger partial charge in [0, 0.05) is 6.54 Å². The first kappa shape index (κ1) is 15.7. The molecule has 21 heavy (non-hydrogen) atoms. The Labute approximate surface area is 117 Å². The monoisotopic (exact) mass is 309 g/mol. The fourth-order valence-electron chi connectivity index (χ4n) is 2.39. The van der Waals surface area contributed by atoms with Crippen LogP contribution >= 0.6 is 0 Å². The predicted molar refractivity (Wildman–Crippen MR) is 62.0 cm³/mol. The zero-order valence-corrected chi connectivity index (χ0v) is 10.8. The summed E-state index contributed by atoms with van der Waals surface area (Å²) < 4.78 is 66.4. The van der Waals surface area contributed by atoms with Crippen molar-refractivity contribution in [3.05, 3.63) is 34.6 Å². The molecule has 2 rings (SSSR count). The van der Waals surface area contributed by atoms with E-state index in [1.54, 1.807) is 0 Å². The molecular weight excluding hydrogens is 297 g/mol. The SMILES string of the molecule is O=C(c1c(F)c(F)c(F)c(F)c1F)N1CCCCC1CO. The summed E-state index contributed by atoms with van der Waals surface area (Å²) in [6, 6.07) is -0.693. The van der Waals surface area contributed by atoms with E-state index in [1.165, 1.54) is 0 Å². The zero-order valence-electron chi connectivity index (χ0n) is 10.8. The number of aliphatic hydroxyl groups excluding tert-OH is 1. The normalized spacial score (nSPS) is 19.0. The fourth-order valence-corrected chi connectivity index (χ4v) is 2.39. The summed E-state index contributed by atoms with van der Waals surface area (Å²) in [6.07, 6.45) is 1.63. The summed E-state index contributed by atoms with van der Waals surface area (Å²) in [5.41, 5.74) is -1.48. The fraction of sp³-hybridized carbons (Fsp3) is 0.462. The van der Waals surface area contributed by atoms with Crippen LogP contribution in [0.25, 0.3) is 0 Å². The molecule has 0 aromatic heterocycles. The quantitative estimate of drug-likeness (QED) is 0.518. The molecule has 1 aliphatic rings. The highest BCUT2D eigenvalue weighted by atomic mass is 19.2. The molecule has 1 saturated heterocycles. The molecule has 1 atom stereocenters. The molecule has 0 aliphatic carbocycles. The second-order valence-electron chi connectivity index (χ2n) is 4.78. The topological polar surface area (TPSA) is 40.5 Å². The summed E-state index contributed by atoms with van der Waals surface area (Å²) >= 11 is 0. The molecule has 0 bridgehead atoms. The minimum atomic E-state index is -2.31. The van der Waals surface area contributed by atoms with Gasteiger partial charge in [-0.15, -0.1) is 0 Å². The van der Waals surface area contributed by atoms with Crippen molar-refractivity contribution in [3.63, 3.8) is 0 Å². The zero-order chi connectivity index (χ0) is 15.7. The van der Waals surface area contributed by atoms with E-state index < -0.39 is 53.2 Å². The minimum absolute atomic E-state index is 0.0869. The lowest BCUT2D eigenvalue weighted by Crippen LogP contribution is -2.46. The largest absolute Gasteiger partial charge is 0.394 e. The lowest BCUT2D eigenvalue weighted by molar-refractivity contribution is 0.0490. The van der Waals surface area contributed by atoms with Crippen LogP contribution in [0.15, 0.2) is 0 Å². The Kier molecular flexibility index (Phi) is 4.46. The van der Waals surface area contributed by atoms with Gasteiger partial charge < -0.3 is 10.0 Å². The molecule has 1 N–H and O–H groups in total. The number of rotatable bonds is 2. The molecule has 1 amide bonds. The van der Waals surface area contributed by atoms with Crippen LogP contribution in [0.3, 0.4) is 0 Å². The molecule has 0 radical (unpaired) electrons. The standard InChI is InChI=1S/C13H12F5NO2/c14-8-7(9(15)11(17)12(18)10(8)16)13(21)19-4-2-1-3-6(19)5-20/h6,20H,1-5H2. The third kappa shape index (κ3) is 2.59. The van der Waals surface area contributed by atoms with Crippen LogP contribution in [0.2, 0.25) is 0 Å². The maximum atomic E-state index is 13.6. The van der Waals surface area contributed by atoms with Crippen LogP contribution in [0.4, 0.5) is 22.0 Å². The molecule has 1 heterocycles. The Morgan fingerprint density at radius 1 is 1.00 bits per heavy atom. The molecule has 1 fully saturated rings. The van der Waals surface area contributed by atoms with Gasteiger partial charge in [-0.1, -0.05) is 0 Å². The minimum Gasteiger partial charge on any atom is -0.394 e. The molecule has 8 heteroatoms. The van der Waals surface area contributed by atoms with Crippen molar-refractivity contribution in [2.75, 3.05) is 13.2 Å². The van der Waals surface area contributed by atoms with Crippen molar-refractivity contribution in [1.82, 2.24) is 4.90 Å². The average molecular weight is 309 g/mol. The molecular formula is C13H12F5NO2. The van der Waals surface area contributed by atoms with Crippen molar-refractivity contribution >= 4 is 5.91 Å². The molecule has 1 aliphatic heterocycles. The molecule has 116 valence electrons. The predicted octanol–water partition coefficient (Wildman–Crippen LogP) is 2.37. The van der Waals surface area contributed by atoms with E-state index in [0.29, 0.717) is 19.3 Å². The van der Waals surface area contributed by atoms with Gasteiger partial charge in [0.05, 0.1) is 12.6 Å². The third-order valence-corrected chi connectivity index (χ3v) is 3.52. The number of piperidine rings is 1. The van der Waals surface area contributed by atoms with E-state index >= 15 is 0 Å². The van der Waals surface area contributed by atoms with E-state index in [-0.39, 0.29) is 6.54 Å². The van der Waals surface area contributed by atoms with Gasteiger partial charge in [0.25, 0.3) is 5.91 Å². The lowest BCUT2D eigenvalue weighted by atomic mass is 10.0. The van der Waals surface area contributed by atoms with Gasteiger partial charge in [0.2, 0.25) is 5.82 Å². The molecule has 0 saturated carbocycles. The number of hydrogen-bond donors (Lipinski definition) is 1.